The van der Waals surface area contributed by atoms with Crippen LogP contribution in [0.2, 0.25) is 0 Å². The molecule has 0 radical (unpaired) electrons. The van der Waals surface area contributed by atoms with E-state index in [9.17, 15) is 26.3 Å². The van der Waals surface area contributed by atoms with Crippen LogP contribution in [-0.4, -0.2) is 16.0 Å². The highest BCUT2D eigenvalue weighted by molar-refractivity contribution is 7.98. The molecule has 1 heterocycles. The number of aromatic nitrogens is 2. The van der Waals surface area contributed by atoms with Gasteiger partial charge in [-0.3, -0.25) is 4.68 Å². The first-order valence-electron chi connectivity index (χ1n) is 6.17. The maximum Gasteiger partial charge on any atom is 0.435 e. The zero-order valence-corrected chi connectivity index (χ0v) is 12.5. The van der Waals surface area contributed by atoms with Crippen molar-refractivity contribution in [2.75, 3.05) is 12.0 Å². The number of anilines is 1. The summed E-state index contributed by atoms with van der Waals surface area (Å²) >= 11 is 1.28. The van der Waals surface area contributed by atoms with Gasteiger partial charge >= 0.3 is 12.4 Å². The fraction of sp³-hybridized carbons (Fsp3) is 0.308. The molecule has 0 atom stereocenters. The number of halogens is 6. The minimum atomic E-state index is -4.95. The lowest BCUT2D eigenvalue weighted by Gasteiger charge is -2.11. The van der Waals surface area contributed by atoms with Crippen LogP contribution in [-0.2, 0) is 18.9 Å². The predicted octanol–water partition coefficient (Wildman–Crippen LogP) is 4.27. The summed E-state index contributed by atoms with van der Waals surface area (Å²) < 4.78 is 76.9. The molecule has 0 unspecified atom stereocenters. The van der Waals surface area contributed by atoms with Gasteiger partial charge in [-0.25, -0.2) is 0 Å². The van der Waals surface area contributed by atoms with Gasteiger partial charge in [-0.2, -0.15) is 31.4 Å². The molecule has 0 bridgehead atoms. The Morgan fingerprint density at radius 2 is 1.74 bits per heavy atom. The average Bonchev–Trinajstić information content (AvgIpc) is 2.85. The topological polar surface area (TPSA) is 43.8 Å². The fourth-order valence-corrected chi connectivity index (χ4v) is 2.50. The summed E-state index contributed by atoms with van der Waals surface area (Å²) in [6.45, 7) is -0.446. The second-order valence-corrected chi connectivity index (χ2v) is 5.49. The lowest BCUT2D eigenvalue weighted by atomic mass is 10.2. The number of rotatable bonds is 3. The molecule has 23 heavy (non-hydrogen) atoms. The van der Waals surface area contributed by atoms with Crippen LogP contribution in [0.5, 0.6) is 0 Å². The highest BCUT2D eigenvalue weighted by Gasteiger charge is 2.41. The Hall–Kier alpha value is -1.84. The molecule has 1 aromatic heterocycles. The number of nitrogen functional groups attached to an aromatic ring is 1. The minimum Gasteiger partial charge on any atom is -0.398 e. The second kappa shape index (κ2) is 5.99. The monoisotopic (exact) mass is 355 g/mol. The summed E-state index contributed by atoms with van der Waals surface area (Å²) in [5.74, 6) is 0. The molecular weight excluding hydrogens is 344 g/mol. The quantitative estimate of drug-likeness (QED) is 0.508. The van der Waals surface area contributed by atoms with E-state index in [1.807, 2.05) is 0 Å². The van der Waals surface area contributed by atoms with Crippen molar-refractivity contribution in [3.05, 3.63) is 41.2 Å². The third kappa shape index (κ3) is 3.92. The predicted molar refractivity (Wildman–Crippen MR) is 74.0 cm³/mol. The summed E-state index contributed by atoms with van der Waals surface area (Å²) in [5, 5.41) is 3.05. The molecule has 0 aliphatic carbocycles. The summed E-state index contributed by atoms with van der Waals surface area (Å²) in [4.78, 5) is 0.624. The normalized spacial score (nSPS) is 12.7. The Kier molecular flexibility index (Phi) is 4.56. The van der Waals surface area contributed by atoms with E-state index < -0.39 is 30.3 Å². The number of nitrogens with two attached hydrogens (primary N) is 1. The average molecular weight is 355 g/mol. The summed E-state index contributed by atoms with van der Waals surface area (Å²) in [6.07, 6.45) is -8.16. The van der Waals surface area contributed by atoms with Crippen LogP contribution in [0.15, 0.2) is 29.2 Å². The van der Waals surface area contributed by atoms with Gasteiger partial charge in [0, 0.05) is 16.6 Å². The number of nitrogens with zero attached hydrogens (tertiary/aromatic N) is 2. The summed E-state index contributed by atoms with van der Waals surface area (Å²) in [6, 6.07) is 4.47. The van der Waals surface area contributed by atoms with Crippen molar-refractivity contribution in [3.63, 3.8) is 0 Å². The molecule has 3 nitrogen and oxygen atoms in total. The molecule has 2 N–H and O–H groups in total. The van der Waals surface area contributed by atoms with Crippen molar-refractivity contribution < 1.29 is 26.3 Å². The third-order valence-corrected chi connectivity index (χ3v) is 3.78. The zero-order valence-electron chi connectivity index (χ0n) is 11.7. The number of thioether (sulfide) groups is 1. The SMILES string of the molecule is CSc1cc(Cn2nc(C(F)(F)F)cc2C(F)(F)F)ccc1N. The molecule has 0 amide bonds. The molecule has 2 rings (SSSR count). The highest BCUT2D eigenvalue weighted by atomic mass is 32.2. The summed E-state index contributed by atoms with van der Waals surface area (Å²) in [7, 11) is 0. The van der Waals surface area contributed by atoms with Gasteiger partial charge in [0.25, 0.3) is 0 Å². The number of alkyl halides is 6. The Bertz CT molecular complexity index is 705. The van der Waals surface area contributed by atoms with E-state index in [2.05, 4.69) is 5.10 Å². The lowest BCUT2D eigenvalue weighted by Crippen LogP contribution is -2.15. The van der Waals surface area contributed by atoms with Crippen molar-refractivity contribution in [2.45, 2.75) is 23.8 Å². The van der Waals surface area contributed by atoms with Crippen molar-refractivity contribution in [3.8, 4) is 0 Å². The van der Waals surface area contributed by atoms with E-state index in [1.165, 1.54) is 30.0 Å². The molecule has 1 aromatic carbocycles. The van der Waals surface area contributed by atoms with Crippen molar-refractivity contribution in [1.82, 2.24) is 9.78 Å². The van der Waals surface area contributed by atoms with Crippen LogP contribution in [0.3, 0.4) is 0 Å². The molecule has 10 heteroatoms. The van der Waals surface area contributed by atoms with Gasteiger partial charge in [-0.05, 0) is 24.0 Å². The van der Waals surface area contributed by atoms with Crippen LogP contribution >= 0.6 is 11.8 Å². The van der Waals surface area contributed by atoms with Gasteiger partial charge in [0.1, 0.15) is 5.69 Å². The van der Waals surface area contributed by atoms with Gasteiger partial charge in [-0.15, -0.1) is 11.8 Å². The fourth-order valence-electron chi connectivity index (χ4n) is 1.93. The van der Waals surface area contributed by atoms with Gasteiger partial charge in [-0.1, -0.05) is 6.07 Å². The van der Waals surface area contributed by atoms with Crippen molar-refractivity contribution in [2.24, 2.45) is 0 Å². The zero-order chi connectivity index (χ0) is 17.4. The van der Waals surface area contributed by atoms with E-state index in [0.717, 1.165) is 0 Å². The van der Waals surface area contributed by atoms with E-state index in [4.69, 9.17) is 5.73 Å². The number of hydrogen-bond donors (Lipinski definition) is 1. The molecule has 126 valence electrons. The maximum atomic E-state index is 12.9. The molecule has 0 aliphatic heterocycles. The third-order valence-electron chi connectivity index (χ3n) is 2.99. The van der Waals surface area contributed by atoms with E-state index in [-0.39, 0.29) is 6.07 Å². The largest absolute Gasteiger partial charge is 0.435 e. The van der Waals surface area contributed by atoms with Crippen LogP contribution in [0, 0.1) is 0 Å². The minimum absolute atomic E-state index is 0.00673. The molecule has 0 spiro atoms. The first-order chi connectivity index (χ1) is 10.5. The molecular formula is C13H11F6N3S. The molecule has 0 saturated carbocycles. The van der Waals surface area contributed by atoms with E-state index >= 15 is 0 Å². The van der Waals surface area contributed by atoms with Crippen LogP contribution < -0.4 is 5.73 Å². The Balaban J connectivity index is 2.44. The van der Waals surface area contributed by atoms with Gasteiger partial charge < -0.3 is 5.73 Å². The van der Waals surface area contributed by atoms with Crippen LogP contribution in [0.4, 0.5) is 32.0 Å². The second-order valence-electron chi connectivity index (χ2n) is 4.64. The smallest absolute Gasteiger partial charge is 0.398 e. The van der Waals surface area contributed by atoms with Gasteiger partial charge in [0.2, 0.25) is 0 Å². The first-order valence-corrected chi connectivity index (χ1v) is 7.39. The summed E-state index contributed by atoms with van der Waals surface area (Å²) in [5.41, 5.74) is 3.46. The molecule has 2 aromatic rings. The van der Waals surface area contributed by atoms with Crippen molar-refractivity contribution in [1.29, 1.82) is 0 Å². The van der Waals surface area contributed by atoms with Gasteiger partial charge in [0.15, 0.2) is 5.69 Å². The van der Waals surface area contributed by atoms with E-state index in [1.54, 1.807) is 6.26 Å². The van der Waals surface area contributed by atoms with Crippen LogP contribution in [0.1, 0.15) is 17.0 Å². The standard InChI is InChI=1S/C13H11F6N3S/c1-23-9-4-7(2-3-8(9)20)6-22-11(13(17,18)19)5-10(21-22)12(14,15)16/h2-5H,6,20H2,1H3. The first kappa shape index (κ1) is 17.5. The molecule has 0 fully saturated rings. The van der Waals surface area contributed by atoms with E-state index in [0.29, 0.717) is 20.8 Å². The van der Waals surface area contributed by atoms with Crippen LogP contribution in [0.25, 0.3) is 0 Å². The Labute approximate surface area is 131 Å². The Morgan fingerprint density at radius 3 is 2.26 bits per heavy atom. The number of benzene rings is 1. The highest BCUT2D eigenvalue weighted by Crippen LogP contribution is 2.35. The molecule has 0 aliphatic rings. The van der Waals surface area contributed by atoms with Gasteiger partial charge in [0.05, 0.1) is 6.54 Å². The number of hydrogen-bond acceptors (Lipinski definition) is 3. The molecule has 0 saturated heterocycles. The maximum absolute atomic E-state index is 12.9. The lowest BCUT2D eigenvalue weighted by molar-refractivity contribution is -0.144. The Morgan fingerprint density at radius 1 is 1.09 bits per heavy atom. The van der Waals surface area contributed by atoms with Crippen molar-refractivity contribution >= 4 is 17.4 Å².